The largest absolute Gasteiger partial charge is 0.369 e. The van der Waals surface area contributed by atoms with Crippen molar-refractivity contribution >= 4 is 39.7 Å². The molecule has 2 aromatic heterocycles. The summed E-state index contributed by atoms with van der Waals surface area (Å²) < 4.78 is 1.14. The maximum absolute atomic E-state index is 4.65. The van der Waals surface area contributed by atoms with Crippen molar-refractivity contribution in [1.82, 2.24) is 9.97 Å². The highest BCUT2D eigenvalue weighted by molar-refractivity contribution is 14.1. The predicted molar refractivity (Wildman–Crippen MR) is 86.2 cm³/mol. The molecule has 1 N–H and O–H groups in total. The Hall–Kier alpha value is -0.690. The third-order valence-corrected chi connectivity index (χ3v) is 4.54. The zero-order valence-corrected chi connectivity index (χ0v) is 13.5. The van der Waals surface area contributed by atoms with E-state index in [1.807, 2.05) is 6.07 Å². The average molecular weight is 373 g/mol. The molecule has 2 rings (SSSR count). The Kier molecular flexibility index (Phi) is 4.94. The van der Waals surface area contributed by atoms with Crippen LogP contribution in [0.2, 0.25) is 0 Å². The summed E-state index contributed by atoms with van der Waals surface area (Å²) in [7, 11) is 0. The van der Waals surface area contributed by atoms with Crippen LogP contribution >= 0.6 is 33.9 Å². The minimum absolute atomic E-state index is 0.834. The van der Waals surface area contributed by atoms with Gasteiger partial charge >= 0.3 is 0 Å². The van der Waals surface area contributed by atoms with Gasteiger partial charge in [-0.1, -0.05) is 19.9 Å². The van der Waals surface area contributed by atoms with Gasteiger partial charge in [0.15, 0.2) is 5.82 Å². The van der Waals surface area contributed by atoms with Crippen molar-refractivity contribution < 1.29 is 0 Å². The first-order valence-corrected chi connectivity index (χ1v) is 8.06. The lowest BCUT2D eigenvalue weighted by Gasteiger charge is -2.11. The number of aromatic nitrogens is 2. The molecule has 0 aliphatic carbocycles. The van der Waals surface area contributed by atoms with Crippen LogP contribution in [0.4, 0.5) is 5.82 Å². The fourth-order valence-electron chi connectivity index (χ4n) is 1.60. The number of hydrogen-bond acceptors (Lipinski definition) is 4. The number of anilines is 1. The van der Waals surface area contributed by atoms with Gasteiger partial charge in [-0.05, 0) is 46.9 Å². The zero-order valence-electron chi connectivity index (χ0n) is 10.5. The number of hydrogen-bond donors (Lipinski definition) is 1. The van der Waals surface area contributed by atoms with Crippen molar-refractivity contribution in [2.45, 2.75) is 26.7 Å². The van der Waals surface area contributed by atoms with Crippen LogP contribution in [0.3, 0.4) is 0 Å². The highest BCUT2D eigenvalue weighted by Gasteiger charge is 2.12. The fourth-order valence-corrected chi connectivity index (χ4v) is 3.08. The molecule has 0 aromatic carbocycles. The Labute approximate surface area is 125 Å². The molecule has 0 bridgehead atoms. The van der Waals surface area contributed by atoms with E-state index in [-0.39, 0.29) is 0 Å². The molecule has 3 nitrogen and oxygen atoms in total. The van der Waals surface area contributed by atoms with Gasteiger partial charge in [0, 0.05) is 6.54 Å². The van der Waals surface area contributed by atoms with Crippen molar-refractivity contribution in [3.63, 3.8) is 0 Å². The summed E-state index contributed by atoms with van der Waals surface area (Å²) >= 11 is 4.01. The molecule has 0 unspecified atom stereocenters. The molecule has 2 heterocycles. The Morgan fingerprint density at radius 3 is 2.78 bits per heavy atom. The number of aryl methyl sites for hydroxylation is 1. The van der Waals surface area contributed by atoms with Crippen molar-refractivity contribution in [2.75, 3.05) is 11.9 Å². The Balaban J connectivity index is 2.42. The minimum atomic E-state index is 0.834. The summed E-state index contributed by atoms with van der Waals surface area (Å²) in [6.45, 7) is 5.23. The van der Waals surface area contributed by atoms with E-state index in [4.69, 9.17) is 0 Å². The molecule has 0 aliphatic rings. The second kappa shape index (κ2) is 6.47. The normalized spacial score (nSPS) is 10.6. The first-order valence-electron chi connectivity index (χ1n) is 6.10. The van der Waals surface area contributed by atoms with Gasteiger partial charge < -0.3 is 5.32 Å². The van der Waals surface area contributed by atoms with Crippen molar-refractivity contribution in [3.8, 4) is 10.7 Å². The third-order valence-electron chi connectivity index (χ3n) is 2.54. The van der Waals surface area contributed by atoms with Crippen molar-refractivity contribution in [3.05, 3.63) is 26.8 Å². The van der Waals surface area contributed by atoms with Crippen LogP contribution in [0.1, 0.15) is 26.0 Å². The van der Waals surface area contributed by atoms with E-state index in [2.05, 4.69) is 63.2 Å². The second-order valence-corrected chi connectivity index (χ2v) is 5.94. The number of thiophene rings is 1. The second-order valence-electron chi connectivity index (χ2n) is 3.91. The minimum Gasteiger partial charge on any atom is -0.369 e. The molecule has 0 atom stereocenters. The predicted octanol–water partition coefficient (Wildman–Crippen LogP) is 4.19. The standard InChI is InChI=1S/C13H16IN3S/c1-3-7-15-13-11(14)9(4-2)16-12(17-13)10-6-5-8-18-10/h5-6,8H,3-4,7H2,1-2H3,(H,15,16,17). The van der Waals surface area contributed by atoms with Gasteiger partial charge in [-0.3, -0.25) is 0 Å². The first kappa shape index (κ1) is 13.7. The molecule has 0 saturated heterocycles. The van der Waals surface area contributed by atoms with Gasteiger partial charge in [-0.15, -0.1) is 11.3 Å². The highest BCUT2D eigenvalue weighted by atomic mass is 127. The van der Waals surface area contributed by atoms with Crippen LogP contribution < -0.4 is 5.32 Å². The Morgan fingerprint density at radius 1 is 1.33 bits per heavy atom. The molecule has 0 amide bonds. The van der Waals surface area contributed by atoms with E-state index < -0.39 is 0 Å². The van der Waals surface area contributed by atoms with E-state index >= 15 is 0 Å². The summed E-state index contributed by atoms with van der Waals surface area (Å²) in [6.07, 6.45) is 2.02. The average Bonchev–Trinajstić information content (AvgIpc) is 2.91. The molecule has 96 valence electrons. The van der Waals surface area contributed by atoms with E-state index in [0.717, 1.165) is 45.2 Å². The van der Waals surface area contributed by atoms with Crippen LogP contribution in [0.5, 0.6) is 0 Å². The molecule has 0 spiro atoms. The van der Waals surface area contributed by atoms with Crippen molar-refractivity contribution in [2.24, 2.45) is 0 Å². The summed E-state index contributed by atoms with van der Waals surface area (Å²) in [5, 5.41) is 5.44. The summed E-state index contributed by atoms with van der Waals surface area (Å²) in [4.78, 5) is 10.4. The number of rotatable bonds is 5. The summed E-state index contributed by atoms with van der Waals surface area (Å²) in [5.74, 6) is 1.80. The number of halogens is 1. The first-order chi connectivity index (χ1) is 8.76. The highest BCUT2D eigenvalue weighted by Crippen LogP contribution is 2.26. The van der Waals surface area contributed by atoms with E-state index in [1.54, 1.807) is 11.3 Å². The van der Waals surface area contributed by atoms with E-state index in [0.29, 0.717) is 0 Å². The number of nitrogens with one attached hydrogen (secondary N) is 1. The van der Waals surface area contributed by atoms with Gasteiger partial charge in [0.2, 0.25) is 0 Å². The summed E-state index contributed by atoms with van der Waals surface area (Å²) in [5.41, 5.74) is 1.12. The molecule has 0 aliphatic heterocycles. The van der Waals surface area contributed by atoms with Gasteiger partial charge in [0.25, 0.3) is 0 Å². The van der Waals surface area contributed by atoms with Gasteiger partial charge in [-0.25, -0.2) is 9.97 Å². The van der Waals surface area contributed by atoms with Crippen LogP contribution in [0.25, 0.3) is 10.7 Å². The van der Waals surface area contributed by atoms with E-state index in [9.17, 15) is 0 Å². The molecular formula is C13H16IN3S. The maximum Gasteiger partial charge on any atom is 0.171 e. The van der Waals surface area contributed by atoms with Crippen molar-refractivity contribution in [1.29, 1.82) is 0 Å². The quantitative estimate of drug-likeness (QED) is 0.799. The Morgan fingerprint density at radius 2 is 2.17 bits per heavy atom. The molecular weight excluding hydrogens is 357 g/mol. The summed E-state index contributed by atoms with van der Waals surface area (Å²) in [6, 6.07) is 4.10. The van der Waals surface area contributed by atoms with Gasteiger partial charge in [0.05, 0.1) is 14.1 Å². The van der Waals surface area contributed by atoms with Crippen LogP contribution in [-0.2, 0) is 6.42 Å². The van der Waals surface area contributed by atoms with Crippen LogP contribution in [0.15, 0.2) is 17.5 Å². The molecule has 5 heteroatoms. The smallest absolute Gasteiger partial charge is 0.171 e. The Bertz CT molecular complexity index is 511. The number of nitrogens with zero attached hydrogens (tertiary/aromatic N) is 2. The van der Waals surface area contributed by atoms with Crippen LogP contribution in [0, 0.1) is 3.57 Å². The maximum atomic E-state index is 4.65. The molecule has 0 fully saturated rings. The molecule has 0 saturated carbocycles. The monoisotopic (exact) mass is 373 g/mol. The lowest BCUT2D eigenvalue weighted by Crippen LogP contribution is -2.08. The SMILES string of the molecule is CCCNc1nc(-c2cccs2)nc(CC)c1I. The van der Waals surface area contributed by atoms with Gasteiger partial charge in [-0.2, -0.15) is 0 Å². The van der Waals surface area contributed by atoms with Crippen LogP contribution in [-0.4, -0.2) is 16.5 Å². The third kappa shape index (κ3) is 3.00. The molecule has 18 heavy (non-hydrogen) atoms. The fraction of sp³-hybridized carbons (Fsp3) is 0.385. The molecule has 0 radical (unpaired) electrons. The van der Waals surface area contributed by atoms with Gasteiger partial charge in [0.1, 0.15) is 5.82 Å². The lowest BCUT2D eigenvalue weighted by molar-refractivity contribution is 0.944. The molecule has 2 aromatic rings. The zero-order chi connectivity index (χ0) is 13.0. The topological polar surface area (TPSA) is 37.8 Å². The van der Waals surface area contributed by atoms with E-state index in [1.165, 1.54) is 0 Å². The lowest BCUT2D eigenvalue weighted by atomic mass is 10.3.